The van der Waals surface area contributed by atoms with Gasteiger partial charge < -0.3 is 4.57 Å². The average molecular weight is 237 g/mol. The van der Waals surface area contributed by atoms with E-state index in [1.54, 1.807) is 6.92 Å². The molecular weight excluding hydrogens is 222 g/mol. The van der Waals surface area contributed by atoms with E-state index in [2.05, 4.69) is 0 Å². The van der Waals surface area contributed by atoms with Crippen molar-refractivity contribution >= 4 is 20.7 Å². The number of fused-ring (bicyclic) bond motifs is 1. The smallest absolute Gasteiger partial charge is 0.155 e. The first-order valence-electron chi connectivity index (χ1n) is 5.27. The predicted molar refractivity (Wildman–Crippen MR) is 66.1 cm³/mol. The van der Waals surface area contributed by atoms with Gasteiger partial charge in [-0.05, 0) is 17.5 Å². The molecule has 1 aromatic carbocycles. The number of para-hydroxylation sites is 1. The van der Waals surface area contributed by atoms with Crippen molar-refractivity contribution in [3.63, 3.8) is 0 Å². The molecule has 0 radical (unpaired) electrons. The summed E-state index contributed by atoms with van der Waals surface area (Å²) in [6.07, 6.45) is 0. The second-order valence-electron chi connectivity index (χ2n) is 3.93. The van der Waals surface area contributed by atoms with Crippen molar-refractivity contribution in [1.29, 1.82) is 0 Å². The number of sulfone groups is 1. The molecule has 0 unspecified atom stereocenters. The van der Waals surface area contributed by atoms with Crippen LogP contribution in [0, 0.1) is 0 Å². The van der Waals surface area contributed by atoms with E-state index in [1.165, 1.54) is 0 Å². The third-order valence-electron chi connectivity index (χ3n) is 2.86. The molecule has 0 aliphatic rings. The van der Waals surface area contributed by atoms with Crippen LogP contribution in [0.15, 0.2) is 30.3 Å². The molecule has 3 nitrogen and oxygen atoms in total. The van der Waals surface area contributed by atoms with Crippen molar-refractivity contribution < 1.29 is 8.42 Å². The highest BCUT2D eigenvalue weighted by Crippen LogP contribution is 2.19. The number of hydrogen-bond acceptors (Lipinski definition) is 2. The minimum atomic E-state index is -2.96. The molecule has 0 bridgehead atoms. The van der Waals surface area contributed by atoms with Crippen molar-refractivity contribution in [3.8, 4) is 0 Å². The van der Waals surface area contributed by atoms with Gasteiger partial charge in [0.2, 0.25) is 0 Å². The standard InChI is InChI=1S/C12H15NO2S/c1-3-16(14,15)9-11-8-10-6-4-5-7-12(10)13(11)2/h4-8H,3,9H2,1-2H3. The third kappa shape index (κ3) is 1.97. The van der Waals surface area contributed by atoms with Crippen LogP contribution in [0.2, 0.25) is 0 Å². The van der Waals surface area contributed by atoms with Crippen LogP contribution in [0.5, 0.6) is 0 Å². The molecule has 86 valence electrons. The molecule has 0 N–H and O–H groups in total. The highest BCUT2D eigenvalue weighted by atomic mass is 32.2. The molecule has 0 aliphatic heterocycles. The third-order valence-corrected chi connectivity index (χ3v) is 4.47. The van der Waals surface area contributed by atoms with E-state index in [9.17, 15) is 8.42 Å². The molecule has 2 aromatic rings. The van der Waals surface area contributed by atoms with Crippen molar-refractivity contribution in [2.75, 3.05) is 5.75 Å². The fraction of sp³-hybridized carbons (Fsp3) is 0.333. The van der Waals surface area contributed by atoms with Gasteiger partial charge >= 0.3 is 0 Å². The molecule has 0 amide bonds. The van der Waals surface area contributed by atoms with Gasteiger partial charge in [-0.25, -0.2) is 8.42 Å². The Morgan fingerprint density at radius 2 is 1.94 bits per heavy atom. The summed E-state index contributed by atoms with van der Waals surface area (Å²) in [4.78, 5) is 0. The molecule has 1 heterocycles. The summed E-state index contributed by atoms with van der Waals surface area (Å²) >= 11 is 0. The molecule has 1 aromatic heterocycles. The van der Waals surface area contributed by atoms with Gasteiger partial charge in [0.15, 0.2) is 9.84 Å². The second kappa shape index (κ2) is 3.94. The van der Waals surface area contributed by atoms with Gasteiger partial charge in [-0.3, -0.25) is 0 Å². The van der Waals surface area contributed by atoms with E-state index in [-0.39, 0.29) is 11.5 Å². The van der Waals surface area contributed by atoms with Crippen LogP contribution in [-0.2, 0) is 22.6 Å². The lowest BCUT2D eigenvalue weighted by molar-refractivity contribution is 0.595. The maximum atomic E-state index is 11.6. The van der Waals surface area contributed by atoms with E-state index in [1.807, 2.05) is 41.9 Å². The highest BCUT2D eigenvalue weighted by molar-refractivity contribution is 7.90. The molecule has 0 spiro atoms. The summed E-state index contributed by atoms with van der Waals surface area (Å²) in [5.74, 6) is 0.309. The minimum Gasteiger partial charge on any atom is -0.347 e. The SMILES string of the molecule is CCS(=O)(=O)Cc1cc2ccccc2n1C. The summed E-state index contributed by atoms with van der Waals surface area (Å²) in [6.45, 7) is 1.68. The zero-order valence-corrected chi connectivity index (χ0v) is 10.3. The molecule has 0 atom stereocenters. The zero-order chi connectivity index (χ0) is 11.8. The Bertz CT molecular complexity index is 611. The van der Waals surface area contributed by atoms with Crippen LogP contribution in [0.4, 0.5) is 0 Å². The Balaban J connectivity index is 2.50. The summed E-state index contributed by atoms with van der Waals surface area (Å²) in [5.41, 5.74) is 1.92. The minimum absolute atomic E-state index is 0.120. The Labute approximate surface area is 95.6 Å². The lowest BCUT2D eigenvalue weighted by Crippen LogP contribution is -2.09. The van der Waals surface area contributed by atoms with Gasteiger partial charge in [0.1, 0.15) is 0 Å². The van der Waals surface area contributed by atoms with E-state index < -0.39 is 9.84 Å². The molecule has 0 aliphatic carbocycles. The zero-order valence-electron chi connectivity index (χ0n) is 9.47. The van der Waals surface area contributed by atoms with Crippen molar-refractivity contribution in [2.24, 2.45) is 7.05 Å². The van der Waals surface area contributed by atoms with E-state index >= 15 is 0 Å². The lowest BCUT2D eigenvalue weighted by atomic mass is 10.2. The van der Waals surface area contributed by atoms with Gasteiger partial charge in [-0.1, -0.05) is 25.1 Å². The van der Waals surface area contributed by atoms with Crippen LogP contribution in [0.1, 0.15) is 12.6 Å². The highest BCUT2D eigenvalue weighted by Gasteiger charge is 2.13. The van der Waals surface area contributed by atoms with Crippen LogP contribution in [0.3, 0.4) is 0 Å². The number of hydrogen-bond donors (Lipinski definition) is 0. The first kappa shape index (κ1) is 11.2. The Morgan fingerprint density at radius 1 is 1.25 bits per heavy atom. The molecule has 4 heteroatoms. The summed E-state index contributed by atoms with van der Waals surface area (Å²) in [5, 5.41) is 1.09. The number of rotatable bonds is 3. The largest absolute Gasteiger partial charge is 0.347 e. The molecular formula is C12H15NO2S. The number of benzene rings is 1. The fourth-order valence-electron chi connectivity index (χ4n) is 1.81. The van der Waals surface area contributed by atoms with Crippen molar-refractivity contribution in [2.45, 2.75) is 12.7 Å². The summed E-state index contributed by atoms with van der Waals surface area (Å²) in [6, 6.07) is 9.86. The van der Waals surface area contributed by atoms with Crippen LogP contribution >= 0.6 is 0 Å². The van der Waals surface area contributed by atoms with Gasteiger partial charge in [-0.15, -0.1) is 0 Å². The predicted octanol–water partition coefficient (Wildman–Crippen LogP) is 2.11. The maximum absolute atomic E-state index is 11.6. The first-order valence-corrected chi connectivity index (χ1v) is 7.09. The van der Waals surface area contributed by atoms with Gasteiger partial charge in [0, 0.05) is 24.0 Å². The number of aromatic nitrogens is 1. The Hall–Kier alpha value is -1.29. The molecule has 0 saturated heterocycles. The lowest BCUT2D eigenvalue weighted by Gasteiger charge is -2.03. The summed E-state index contributed by atoms with van der Waals surface area (Å²) in [7, 11) is -1.06. The molecule has 0 saturated carbocycles. The Kier molecular flexibility index (Phi) is 2.76. The van der Waals surface area contributed by atoms with Gasteiger partial charge in [0.05, 0.1) is 5.75 Å². The summed E-state index contributed by atoms with van der Waals surface area (Å²) < 4.78 is 25.1. The van der Waals surface area contributed by atoms with Crippen molar-refractivity contribution in [1.82, 2.24) is 4.57 Å². The molecule has 16 heavy (non-hydrogen) atoms. The maximum Gasteiger partial charge on any atom is 0.155 e. The molecule has 2 rings (SSSR count). The van der Waals surface area contributed by atoms with Gasteiger partial charge in [-0.2, -0.15) is 0 Å². The number of aryl methyl sites for hydroxylation is 1. The molecule has 0 fully saturated rings. The van der Waals surface area contributed by atoms with Crippen LogP contribution in [-0.4, -0.2) is 18.7 Å². The van der Waals surface area contributed by atoms with Crippen LogP contribution in [0.25, 0.3) is 10.9 Å². The second-order valence-corrected chi connectivity index (χ2v) is 6.28. The van der Waals surface area contributed by atoms with E-state index in [0.29, 0.717) is 0 Å². The first-order chi connectivity index (χ1) is 7.53. The average Bonchev–Trinajstić information content (AvgIpc) is 2.56. The quantitative estimate of drug-likeness (QED) is 0.820. The fourth-order valence-corrected chi connectivity index (χ4v) is 2.74. The van der Waals surface area contributed by atoms with Crippen LogP contribution < -0.4 is 0 Å². The number of nitrogens with zero attached hydrogens (tertiary/aromatic N) is 1. The topological polar surface area (TPSA) is 39.1 Å². The Morgan fingerprint density at radius 3 is 2.56 bits per heavy atom. The van der Waals surface area contributed by atoms with E-state index in [0.717, 1.165) is 16.6 Å². The van der Waals surface area contributed by atoms with Crippen molar-refractivity contribution in [3.05, 3.63) is 36.0 Å². The van der Waals surface area contributed by atoms with E-state index in [4.69, 9.17) is 0 Å². The monoisotopic (exact) mass is 237 g/mol. The van der Waals surface area contributed by atoms with Gasteiger partial charge in [0.25, 0.3) is 0 Å². The normalized spacial score (nSPS) is 12.1.